The molecule has 1 fully saturated rings. The van der Waals surface area contributed by atoms with Crippen molar-refractivity contribution < 1.29 is 32.6 Å². The Morgan fingerprint density at radius 1 is 1.14 bits per heavy atom. The van der Waals surface area contributed by atoms with Gasteiger partial charge in [0, 0.05) is 23.5 Å². The maximum Gasteiger partial charge on any atom is 0.490 e. The maximum atomic E-state index is 13.0. The Morgan fingerprint density at radius 2 is 1.90 bits per heavy atom. The van der Waals surface area contributed by atoms with Crippen molar-refractivity contribution in [1.29, 1.82) is 0 Å². The SMILES string of the molecule is COc1ccc2c(c1)[C@]1(C[C@H]1c1ccc3c(/C=C/c4cccc(CN(C)C)c4)n[nH]c3c1)C(=O)N2.O=C(O)C(F)(F)F. The second-order valence-electron chi connectivity index (χ2n) is 10.6. The molecule has 218 valence electrons. The van der Waals surface area contributed by atoms with Crippen LogP contribution in [0.3, 0.4) is 0 Å². The Balaban J connectivity index is 0.000000451. The molecule has 3 aromatic carbocycles. The number of carboxylic acids is 1. The fourth-order valence-corrected chi connectivity index (χ4v) is 5.44. The van der Waals surface area contributed by atoms with E-state index in [1.54, 1.807) is 7.11 Å². The highest BCUT2D eigenvalue weighted by molar-refractivity contribution is 6.10. The Kier molecular flexibility index (Phi) is 7.55. The maximum absolute atomic E-state index is 13.0. The summed E-state index contributed by atoms with van der Waals surface area (Å²) in [4.78, 5) is 24.0. The zero-order chi connectivity index (χ0) is 30.2. The minimum atomic E-state index is -5.08. The standard InChI is InChI=1S/C29H28N4O2.C2HF3O2/c1-33(2)17-19-6-4-5-18(13-19)7-11-25-22-10-8-20(14-27(22)32-31-25)24-16-29(24)23-15-21(35-3)9-12-26(23)30-28(29)34;3-2(4,5)1(6)7/h4-15,24H,16-17H2,1-3H3,(H,30,34)(H,31,32);(H,6,7)/b11-7+;/t24-,29-;/m0./s1. The van der Waals surface area contributed by atoms with E-state index >= 15 is 0 Å². The number of aliphatic carboxylic acids is 1. The molecule has 2 aliphatic rings. The van der Waals surface area contributed by atoms with Crippen molar-refractivity contribution in [3.63, 3.8) is 0 Å². The normalized spacial score (nSPS) is 19.1. The lowest BCUT2D eigenvalue weighted by Crippen LogP contribution is -2.21. The number of carboxylic acid groups (broad SMARTS) is 1. The number of benzene rings is 3. The van der Waals surface area contributed by atoms with E-state index in [4.69, 9.17) is 14.6 Å². The van der Waals surface area contributed by atoms with Crippen LogP contribution in [0, 0.1) is 0 Å². The number of aromatic nitrogens is 2. The number of carbonyl (C=O) groups excluding carboxylic acids is 1. The van der Waals surface area contributed by atoms with Gasteiger partial charge < -0.3 is 20.1 Å². The number of hydrogen-bond acceptors (Lipinski definition) is 5. The van der Waals surface area contributed by atoms with Crippen LogP contribution >= 0.6 is 0 Å². The molecule has 6 rings (SSSR count). The number of halogens is 3. The number of ether oxygens (including phenoxy) is 1. The van der Waals surface area contributed by atoms with E-state index < -0.39 is 17.6 Å². The predicted molar refractivity (Wildman–Crippen MR) is 153 cm³/mol. The van der Waals surface area contributed by atoms with E-state index in [9.17, 15) is 18.0 Å². The van der Waals surface area contributed by atoms with Crippen LogP contribution in [0.15, 0.2) is 60.7 Å². The monoisotopic (exact) mass is 578 g/mol. The van der Waals surface area contributed by atoms with Crippen molar-refractivity contribution in [1.82, 2.24) is 15.1 Å². The Hall–Kier alpha value is -4.64. The zero-order valence-corrected chi connectivity index (χ0v) is 23.1. The predicted octanol–water partition coefficient (Wildman–Crippen LogP) is 5.81. The number of rotatable bonds is 6. The van der Waals surface area contributed by atoms with E-state index in [1.165, 1.54) is 5.56 Å². The summed E-state index contributed by atoms with van der Waals surface area (Å²) in [7, 11) is 5.80. The smallest absolute Gasteiger partial charge is 0.490 e. The van der Waals surface area contributed by atoms with Gasteiger partial charge in [-0.15, -0.1) is 0 Å². The number of amides is 1. The molecule has 0 bridgehead atoms. The van der Waals surface area contributed by atoms with Crippen molar-refractivity contribution in [2.75, 3.05) is 26.5 Å². The summed E-state index contributed by atoms with van der Waals surface area (Å²) in [5.74, 6) is -1.76. The van der Waals surface area contributed by atoms with E-state index in [-0.39, 0.29) is 11.8 Å². The van der Waals surface area contributed by atoms with Gasteiger partial charge in [0.05, 0.1) is 23.7 Å². The molecule has 4 aromatic rings. The van der Waals surface area contributed by atoms with E-state index in [0.29, 0.717) is 0 Å². The fraction of sp³-hybridized carbons (Fsp3) is 0.258. The number of H-pyrrole nitrogens is 1. The molecule has 0 unspecified atom stereocenters. The summed E-state index contributed by atoms with van der Waals surface area (Å²) in [6, 6.07) is 20.8. The third-order valence-corrected chi connectivity index (χ3v) is 7.47. The molecule has 11 heteroatoms. The highest BCUT2D eigenvalue weighted by Crippen LogP contribution is 2.65. The van der Waals surface area contributed by atoms with E-state index in [2.05, 4.69) is 89.1 Å². The van der Waals surface area contributed by atoms with Crippen molar-refractivity contribution in [2.24, 2.45) is 0 Å². The molecule has 1 saturated carbocycles. The molecular formula is C31H29F3N4O4. The summed E-state index contributed by atoms with van der Waals surface area (Å²) in [6.07, 6.45) is -0.126. The first-order chi connectivity index (χ1) is 19.9. The molecule has 1 aliphatic heterocycles. The number of alkyl halides is 3. The first kappa shape index (κ1) is 28.9. The zero-order valence-electron chi connectivity index (χ0n) is 23.1. The van der Waals surface area contributed by atoms with Crippen LogP contribution in [-0.4, -0.2) is 59.5 Å². The van der Waals surface area contributed by atoms with Gasteiger partial charge in [0.15, 0.2) is 0 Å². The number of nitrogens with one attached hydrogen (secondary N) is 2. The summed E-state index contributed by atoms with van der Waals surface area (Å²) in [5.41, 5.74) is 6.90. The van der Waals surface area contributed by atoms with Gasteiger partial charge in [-0.25, -0.2) is 4.79 Å². The highest BCUT2D eigenvalue weighted by Gasteiger charge is 2.65. The number of fused-ring (bicyclic) bond motifs is 3. The molecule has 1 aromatic heterocycles. The summed E-state index contributed by atoms with van der Waals surface area (Å²) in [6.45, 7) is 0.910. The molecule has 1 aliphatic carbocycles. The third-order valence-electron chi connectivity index (χ3n) is 7.47. The van der Waals surface area contributed by atoms with Gasteiger partial charge in [-0.2, -0.15) is 18.3 Å². The number of hydrogen-bond donors (Lipinski definition) is 3. The lowest BCUT2D eigenvalue weighted by Gasteiger charge is -2.10. The van der Waals surface area contributed by atoms with Gasteiger partial charge in [-0.05, 0) is 73.1 Å². The van der Waals surface area contributed by atoms with E-state index in [1.807, 2.05) is 18.2 Å². The van der Waals surface area contributed by atoms with Gasteiger partial charge in [0.2, 0.25) is 5.91 Å². The third kappa shape index (κ3) is 5.60. The molecule has 3 N–H and O–H groups in total. The van der Waals surface area contributed by atoms with Crippen LogP contribution in [0.1, 0.15) is 40.3 Å². The summed E-state index contributed by atoms with van der Waals surface area (Å²) >= 11 is 0. The Morgan fingerprint density at radius 3 is 2.60 bits per heavy atom. The molecule has 8 nitrogen and oxygen atoms in total. The van der Waals surface area contributed by atoms with Crippen molar-refractivity contribution in [3.8, 4) is 5.75 Å². The van der Waals surface area contributed by atoms with Crippen molar-refractivity contribution in [2.45, 2.75) is 30.5 Å². The topological polar surface area (TPSA) is 108 Å². The first-order valence-electron chi connectivity index (χ1n) is 13.1. The quantitative estimate of drug-likeness (QED) is 0.266. The molecule has 2 atom stereocenters. The van der Waals surface area contributed by atoms with E-state index in [0.717, 1.165) is 57.7 Å². The van der Waals surface area contributed by atoms with Gasteiger partial charge in [-0.1, -0.05) is 42.5 Å². The van der Waals surface area contributed by atoms with Crippen molar-refractivity contribution >= 4 is 40.6 Å². The second-order valence-corrected chi connectivity index (χ2v) is 10.6. The first-order valence-corrected chi connectivity index (χ1v) is 13.1. The average molecular weight is 579 g/mol. The number of methoxy groups -OCH3 is 1. The molecule has 0 saturated heterocycles. The second kappa shape index (κ2) is 11.0. The van der Waals surface area contributed by atoms with Gasteiger partial charge >= 0.3 is 12.1 Å². The molecule has 42 heavy (non-hydrogen) atoms. The Bertz CT molecular complexity index is 1700. The van der Waals surface area contributed by atoms with Gasteiger partial charge in [0.25, 0.3) is 0 Å². The van der Waals surface area contributed by atoms with Crippen LogP contribution < -0.4 is 10.1 Å². The molecule has 2 heterocycles. The molecular weight excluding hydrogens is 549 g/mol. The van der Waals surface area contributed by atoms with Gasteiger partial charge in [0.1, 0.15) is 5.75 Å². The lowest BCUT2D eigenvalue weighted by molar-refractivity contribution is -0.192. The van der Waals surface area contributed by atoms with Gasteiger partial charge in [-0.3, -0.25) is 9.89 Å². The van der Waals surface area contributed by atoms with Crippen LogP contribution in [0.2, 0.25) is 0 Å². The van der Waals surface area contributed by atoms with Crippen LogP contribution in [-0.2, 0) is 21.5 Å². The molecule has 0 radical (unpaired) electrons. The van der Waals surface area contributed by atoms with Crippen LogP contribution in [0.4, 0.5) is 18.9 Å². The minimum Gasteiger partial charge on any atom is -0.497 e. The fourth-order valence-electron chi connectivity index (χ4n) is 5.44. The molecule has 1 amide bonds. The number of anilines is 1. The Labute approximate surface area is 239 Å². The number of carbonyl (C=O) groups is 2. The highest BCUT2D eigenvalue weighted by atomic mass is 19.4. The lowest BCUT2D eigenvalue weighted by atomic mass is 9.91. The van der Waals surface area contributed by atoms with Crippen LogP contribution in [0.25, 0.3) is 23.1 Å². The average Bonchev–Trinajstić information content (AvgIpc) is 3.48. The largest absolute Gasteiger partial charge is 0.497 e. The minimum absolute atomic E-state index is 0.0792. The molecule has 1 spiro atoms. The number of nitrogens with zero attached hydrogens (tertiary/aromatic N) is 2. The van der Waals surface area contributed by atoms with Crippen LogP contribution in [0.5, 0.6) is 5.75 Å². The summed E-state index contributed by atoms with van der Waals surface area (Å²) < 4.78 is 37.2. The summed E-state index contributed by atoms with van der Waals surface area (Å²) in [5, 5.41) is 19.0. The number of aromatic amines is 1. The van der Waals surface area contributed by atoms with Crippen molar-refractivity contribution in [3.05, 3.63) is 88.6 Å².